The minimum atomic E-state index is -0.370. The Morgan fingerprint density at radius 1 is 2.00 bits per heavy atom. The second-order valence-electron chi connectivity index (χ2n) is 0.757. The van der Waals surface area contributed by atoms with Crippen molar-refractivity contribution in [2.75, 3.05) is 6.66 Å². The number of rotatable bonds is 0. The Kier molecular flexibility index (Phi) is 1.50. The van der Waals surface area contributed by atoms with Crippen LogP contribution in [-0.2, 0) is 0 Å². The summed E-state index contributed by atoms with van der Waals surface area (Å²) in [6, 6.07) is 0. The van der Waals surface area contributed by atoms with Gasteiger partial charge in [0, 0.05) is 0 Å². The number of hydrogen-bond acceptors (Lipinski definition) is 1. The Labute approximate surface area is 27.3 Å². The van der Waals surface area contributed by atoms with Gasteiger partial charge in [0.1, 0.15) is 6.66 Å². The molecule has 0 aliphatic carbocycles. The van der Waals surface area contributed by atoms with Gasteiger partial charge in [-0.15, -0.1) is 0 Å². The Hall–Kier alpha value is 0.130. The van der Waals surface area contributed by atoms with Crippen molar-refractivity contribution in [1.29, 1.82) is 0 Å². The molecule has 2 N–H and O–H groups in total. The molecule has 0 bridgehead atoms. The lowest BCUT2D eigenvalue weighted by Gasteiger charge is -1.50. The van der Waals surface area contributed by atoms with Gasteiger partial charge >= 0.3 is 0 Å². The van der Waals surface area contributed by atoms with Crippen molar-refractivity contribution >= 4 is 14.0 Å². The number of nitrogens with two attached hydrogens (primary N) is 1. The average molecular weight is 76.1 g/mol. The average Bonchev–Trinajstić information content (AvgIpc) is 0.811. The zero-order chi connectivity index (χ0) is 3.58. The van der Waals surface area contributed by atoms with Crippen molar-refractivity contribution in [2.45, 2.75) is 0 Å². The monoisotopic (exact) mass is 76.0 g/mol. The van der Waals surface area contributed by atoms with E-state index >= 15 is 0 Å². The molecule has 0 aromatic carbocycles. The lowest BCUT2D eigenvalue weighted by molar-refractivity contribution is 1.98. The summed E-state index contributed by atoms with van der Waals surface area (Å²) < 4.78 is 0. The van der Waals surface area contributed by atoms with Crippen molar-refractivity contribution in [2.24, 2.45) is 5.50 Å². The maximum Gasteiger partial charge on any atom is 0.168 e. The maximum absolute atomic E-state index is 5.06. The Bertz CT molecular complexity index is 29.0. The van der Waals surface area contributed by atoms with E-state index in [0.717, 1.165) is 0 Å². The van der Waals surface area contributed by atoms with E-state index in [-0.39, 0.29) is 7.70 Å². The third-order valence-electron chi connectivity index (χ3n) is 0. The first-order valence-corrected chi connectivity index (χ1v) is 3.06. The van der Waals surface area contributed by atoms with Crippen LogP contribution < -0.4 is 5.50 Å². The van der Waals surface area contributed by atoms with E-state index in [9.17, 15) is 0 Å². The van der Waals surface area contributed by atoms with E-state index in [0.29, 0.717) is 0 Å². The van der Waals surface area contributed by atoms with E-state index in [1.165, 1.54) is 0 Å². The lowest BCUT2D eigenvalue weighted by atomic mass is 11.9. The SMILES string of the molecule is C=[P+](C)N. The zero-order valence-corrected chi connectivity index (χ0v) is 3.63. The molecule has 0 aromatic heterocycles. The first-order chi connectivity index (χ1) is 1.73. The molecule has 1 nitrogen and oxygen atoms in total. The molecule has 1 atom stereocenters. The molecule has 0 spiro atoms. The van der Waals surface area contributed by atoms with Crippen LogP contribution in [-0.4, -0.2) is 13.0 Å². The van der Waals surface area contributed by atoms with E-state index in [1.807, 2.05) is 6.66 Å². The minimum absolute atomic E-state index is 0.370. The summed E-state index contributed by atoms with van der Waals surface area (Å²) in [5.41, 5.74) is 5.06. The van der Waals surface area contributed by atoms with Crippen LogP contribution in [0, 0.1) is 0 Å². The minimum Gasteiger partial charge on any atom is -0.158 e. The highest BCUT2D eigenvalue weighted by Crippen LogP contribution is 1.91. The Morgan fingerprint density at radius 3 is 2.00 bits per heavy atom. The molecular formula is C2H7NP+. The second kappa shape index (κ2) is 1.45. The van der Waals surface area contributed by atoms with Crippen molar-refractivity contribution in [3.63, 3.8) is 0 Å². The van der Waals surface area contributed by atoms with Gasteiger partial charge in [0.2, 0.25) is 0 Å². The lowest BCUT2D eigenvalue weighted by Crippen LogP contribution is -1.68. The smallest absolute Gasteiger partial charge is 0.158 e. The topological polar surface area (TPSA) is 26.0 Å². The van der Waals surface area contributed by atoms with Crippen LogP contribution in [0.3, 0.4) is 0 Å². The molecule has 0 saturated heterocycles. The fourth-order valence-corrected chi connectivity index (χ4v) is 0. The van der Waals surface area contributed by atoms with E-state index in [2.05, 4.69) is 6.30 Å². The van der Waals surface area contributed by atoms with E-state index in [1.54, 1.807) is 0 Å². The van der Waals surface area contributed by atoms with Gasteiger partial charge in [0.05, 0.1) is 6.30 Å². The second-order valence-corrected chi connectivity index (χ2v) is 2.27. The first-order valence-electron chi connectivity index (χ1n) is 1.02. The van der Waals surface area contributed by atoms with Gasteiger partial charge in [0.25, 0.3) is 0 Å². The Morgan fingerprint density at radius 2 is 2.00 bits per heavy atom. The summed E-state index contributed by atoms with van der Waals surface area (Å²) in [5, 5.41) is 0. The molecular weight excluding hydrogens is 69.0 g/mol. The van der Waals surface area contributed by atoms with Crippen LogP contribution in [0.25, 0.3) is 0 Å². The van der Waals surface area contributed by atoms with E-state index in [4.69, 9.17) is 5.50 Å². The van der Waals surface area contributed by atoms with Crippen molar-refractivity contribution in [1.82, 2.24) is 0 Å². The van der Waals surface area contributed by atoms with Gasteiger partial charge in [-0.05, 0) is 0 Å². The van der Waals surface area contributed by atoms with Gasteiger partial charge < -0.3 is 0 Å². The molecule has 0 saturated carbocycles. The van der Waals surface area contributed by atoms with Crippen molar-refractivity contribution < 1.29 is 0 Å². The standard InChI is InChI=1S/C2H7NP/c1-4(2)3/h1,3H2,2H3/q+1. The largest absolute Gasteiger partial charge is 0.168 e. The molecule has 0 rings (SSSR count). The normalized spacial score (nSPS) is 11.0. The summed E-state index contributed by atoms with van der Waals surface area (Å²) in [7, 11) is -0.370. The molecule has 24 valence electrons. The summed E-state index contributed by atoms with van der Waals surface area (Å²) in [6.45, 7) is 1.90. The molecule has 4 heavy (non-hydrogen) atoms. The zero-order valence-electron chi connectivity index (χ0n) is 2.73. The van der Waals surface area contributed by atoms with Gasteiger partial charge in [-0.3, -0.25) is 0 Å². The van der Waals surface area contributed by atoms with Gasteiger partial charge in [-0.25, -0.2) is 0 Å². The van der Waals surface area contributed by atoms with Crippen LogP contribution in [0.5, 0.6) is 0 Å². The summed E-state index contributed by atoms with van der Waals surface area (Å²) >= 11 is 0. The van der Waals surface area contributed by atoms with Crippen molar-refractivity contribution in [3.8, 4) is 0 Å². The third kappa shape index (κ3) is 161. The Balaban J connectivity index is 2.80. The van der Waals surface area contributed by atoms with Crippen LogP contribution >= 0.6 is 7.70 Å². The third-order valence-corrected chi connectivity index (χ3v) is 0. The van der Waals surface area contributed by atoms with Crippen LogP contribution in [0.15, 0.2) is 0 Å². The highest BCUT2D eigenvalue weighted by atomic mass is 31.1. The molecule has 1 unspecified atom stereocenters. The summed E-state index contributed by atoms with van der Waals surface area (Å²) in [6.07, 6.45) is 3.48. The predicted octanol–water partition coefficient (Wildman–Crippen LogP) is 0.404. The summed E-state index contributed by atoms with van der Waals surface area (Å²) in [5.74, 6) is 0. The molecule has 0 aliphatic rings. The van der Waals surface area contributed by atoms with Crippen molar-refractivity contribution in [3.05, 3.63) is 0 Å². The molecule has 0 fully saturated rings. The van der Waals surface area contributed by atoms with Gasteiger partial charge in [-0.2, -0.15) is 5.50 Å². The van der Waals surface area contributed by atoms with E-state index < -0.39 is 0 Å². The molecule has 2 heteroatoms. The number of hydrogen-bond donors (Lipinski definition) is 1. The fourth-order valence-electron chi connectivity index (χ4n) is 0. The highest BCUT2D eigenvalue weighted by Gasteiger charge is 1.67. The fraction of sp³-hybridized carbons (Fsp3) is 0.500. The highest BCUT2D eigenvalue weighted by molar-refractivity contribution is 7.52. The molecule has 0 radical (unpaired) electrons. The first kappa shape index (κ1) is 4.13. The molecule has 0 amide bonds. The van der Waals surface area contributed by atoms with Gasteiger partial charge in [0.15, 0.2) is 7.70 Å². The maximum atomic E-state index is 5.06. The predicted molar refractivity (Wildman–Crippen MR) is 24.2 cm³/mol. The molecule has 0 heterocycles. The quantitative estimate of drug-likeness (QED) is 0.415. The van der Waals surface area contributed by atoms with Crippen LogP contribution in [0.4, 0.5) is 0 Å². The molecule has 0 aromatic rings. The van der Waals surface area contributed by atoms with Gasteiger partial charge in [-0.1, -0.05) is 0 Å². The molecule has 0 aliphatic heterocycles. The van der Waals surface area contributed by atoms with Crippen LogP contribution in [0.1, 0.15) is 0 Å². The summed E-state index contributed by atoms with van der Waals surface area (Å²) in [4.78, 5) is 0. The van der Waals surface area contributed by atoms with Crippen LogP contribution in [0.2, 0.25) is 0 Å².